The lowest BCUT2D eigenvalue weighted by atomic mass is 10.1. The van der Waals surface area contributed by atoms with Crippen LogP contribution in [-0.2, 0) is 9.59 Å². The zero-order valence-electron chi connectivity index (χ0n) is 11.6. The molecular formula is C16H11ClN2O3. The minimum absolute atomic E-state index is 0.109. The van der Waals surface area contributed by atoms with Gasteiger partial charge in [-0.2, -0.15) is 10.1 Å². The summed E-state index contributed by atoms with van der Waals surface area (Å²) in [4.78, 5) is 24.2. The molecule has 22 heavy (non-hydrogen) atoms. The number of hydrogen-bond donors (Lipinski definition) is 0. The van der Waals surface area contributed by atoms with Gasteiger partial charge in [-0.3, -0.25) is 9.59 Å². The molecule has 3 rings (SSSR count). The van der Waals surface area contributed by atoms with E-state index in [1.807, 2.05) is 0 Å². The number of benzene rings is 2. The van der Waals surface area contributed by atoms with Crippen LogP contribution in [0.4, 0.5) is 5.69 Å². The van der Waals surface area contributed by atoms with Crippen molar-refractivity contribution < 1.29 is 14.3 Å². The Morgan fingerprint density at radius 2 is 1.64 bits per heavy atom. The first-order valence-electron chi connectivity index (χ1n) is 6.47. The van der Waals surface area contributed by atoms with Crippen molar-refractivity contribution in [3.8, 4) is 5.75 Å². The minimum atomic E-state index is -0.685. The normalized spacial score (nSPS) is 14.3. The van der Waals surface area contributed by atoms with E-state index in [1.54, 1.807) is 55.6 Å². The van der Waals surface area contributed by atoms with E-state index in [2.05, 4.69) is 5.10 Å². The first-order chi connectivity index (χ1) is 10.6. The van der Waals surface area contributed by atoms with Crippen LogP contribution in [0.15, 0.2) is 53.6 Å². The lowest BCUT2D eigenvalue weighted by Gasteiger charge is -2.10. The van der Waals surface area contributed by atoms with Gasteiger partial charge in [-0.05, 0) is 36.4 Å². The molecule has 0 N–H and O–H groups in total. The minimum Gasteiger partial charge on any atom is -0.497 e. The van der Waals surface area contributed by atoms with Gasteiger partial charge in [0, 0.05) is 10.6 Å². The fraction of sp³-hybridized carbons (Fsp3) is 0.0625. The van der Waals surface area contributed by atoms with Crippen molar-refractivity contribution in [3.63, 3.8) is 0 Å². The lowest BCUT2D eigenvalue weighted by Crippen LogP contribution is -2.27. The molecule has 0 fully saturated rings. The molecule has 0 aromatic heterocycles. The van der Waals surface area contributed by atoms with E-state index in [-0.39, 0.29) is 5.71 Å². The predicted octanol–water partition coefficient (Wildman–Crippen LogP) is 2.67. The number of hydrogen-bond acceptors (Lipinski definition) is 4. The molecule has 1 amide bonds. The van der Waals surface area contributed by atoms with Crippen LogP contribution in [0.5, 0.6) is 5.75 Å². The molecule has 5 nitrogen and oxygen atoms in total. The molecule has 110 valence electrons. The van der Waals surface area contributed by atoms with Crippen molar-refractivity contribution in [1.82, 2.24) is 0 Å². The van der Waals surface area contributed by atoms with E-state index in [1.165, 1.54) is 0 Å². The van der Waals surface area contributed by atoms with Crippen molar-refractivity contribution >= 4 is 34.7 Å². The second kappa shape index (κ2) is 5.61. The Balaban J connectivity index is 1.97. The highest BCUT2D eigenvalue weighted by Crippen LogP contribution is 2.24. The second-order valence-corrected chi connectivity index (χ2v) is 5.04. The Hall–Kier alpha value is -2.66. The Bertz CT molecular complexity index is 767. The van der Waals surface area contributed by atoms with Gasteiger partial charge in [0.05, 0.1) is 12.8 Å². The van der Waals surface area contributed by atoms with Crippen molar-refractivity contribution in [1.29, 1.82) is 0 Å². The van der Waals surface area contributed by atoms with Crippen LogP contribution >= 0.6 is 11.6 Å². The number of Topliss-reactive ketones (excluding diaryl/α,β-unsaturated/α-hetero) is 1. The maximum absolute atomic E-state index is 12.1. The van der Waals surface area contributed by atoms with Crippen LogP contribution in [0.1, 0.15) is 5.56 Å². The topological polar surface area (TPSA) is 59.0 Å². The third-order valence-corrected chi connectivity index (χ3v) is 3.49. The van der Waals surface area contributed by atoms with Gasteiger partial charge in [0.25, 0.3) is 5.78 Å². The zero-order valence-corrected chi connectivity index (χ0v) is 12.4. The Kier molecular flexibility index (Phi) is 3.65. The number of carbonyl (C=O) groups is 2. The lowest BCUT2D eigenvalue weighted by molar-refractivity contribution is -0.131. The number of methoxy groups -OCH3 is 1. The second-order valence-electron chi connectivity index (χ2n) is 4.60. The van der Waals surface area contributed by atoms with Crippen LogP contribution in [0.3, 0.4) is 0 Å². The maximum atomic E-state index is 12.1. The first kappa shape index (κ1) is 14.3. The van der Waals surface area contributed by atoms with Gasteiger partial charge in [-0.25, -0.2) is 0 Å². The summed E-state index contributed by atoms with van der Waals surface area (Å²) >= 11 is 5.82. The number of halogens is 1. The third kappa shape index (κ3) is 2.46. The summed E-state index contributed by atoms with van der Waals surface area (Å²) in [6.45, 7) is 0. The van der Waals surface area contributed by atoms with Crippen molar-refractivity contribution in [2.24, 2.45) is 5.10 Å². The summed E-state index contributed by atoms with van der Waals surface area (Å²) in [6.07, 6.45) is 0. The standard InChI is InChI=1S/C16H11ClN2O3/c1-22-13-8-6-12(7-9-13)19-16(21)15(20)14(18-19)10-2-4-11(17)5-3-10/h2-9H,1H3. The fourth-order valence-corrected chi connectivity index (χ4v) is 2.21. The van der Waals surface area contributed by atoms with E-state index in [9.17, 15) is 9.59 Å². The number of ketones is 1. The van der Waals surface area contributed by atoms with E-state index < -0.39 is 11.7 Å². The van der Waals surface area contributed by atoms with E-state index in [0.717, 1.165) is 5.01 Å². The molecule has 1 aliphatic heterocycles. The smallest absolute Gasteiger partial charge is 0.321 e. The quantitative estimate of drug-likeness (QED) is 0.818. The van der Waals surface area contributed by atoms with Crippen molar-refractivity contribution in [3.05, 3.63) is 59.1 Å². The number of ether oxygens (including phenoxy) is 1. The largest absolute Gasteiger partial charge is 0.497 e. The number of hydrazone groups is 1. The van der Waals surface area contributed by atoms with Crippen molar-refractivity contribution in [2.75, 3.05) is 12.1 Å². The Morgan fingerprint density at radius 3 is 2.23 bits per heavy atom. The average molecular weight is 315 g/mol. The third-order valence-electron chi connectivity index (χ3n) is 3.24. The highest BCUT2D eigenvalue weighted by atomic mass is 35.5. The van der Waals surface area contributed by atoms with Crippen LogP contribution in [0.2, 0.25) is 5.02 Å². The molecule has 1 aliphatic rings. The number of anilines is 1. The van der Waals surface area contributed by atoms with Crippen LogP contribution in [0, 0.1) is 0 Å². The summed E-state index contributed by atoms with van der Waals surface area (Å²) in [5.41, 5.74) is 1.17. The monoisotopic (exact) mass is 314 g/mol. The first-order valence-corrected chi connectivity index (χ1v) is 6.85. The SMILES string of the molecule is COc1ccc(N2N=C(c3ccc(Cl)cc3)C(=O)C2=O)cc1. The maximum Gasteiger partial charge on any atom is 0.321 e. The fourth-order valence-electron chi connectivity index (χ4n) is 2.08. The Morgan fingerprint density at radius 1 is 1.00 bits per heavy atom. The molecule has 0 aliphatic carbocycles. The molecule has 0 spiro atoms. The van der Waals surface area contributed by atoms with Gasteiger partial charge >= 0.3 is 5.91 Å². The summed E-state index contributed by atoms with van der Waals surface area (Å²) in [7, 11) is 1.55. The molecule has 6 heteroatoms. The summed E-state index contributed by atoms with van der Waals surface area (Å²) < 4.78 is 5.06. The van der Waals surface area contributed by atoms with Gasteiger partial charge in [0.2, 0.25) is 0 Å². The molecule has 0 saturated heterocycles. The van der Waals surface area contributed by atoms with Gasteiger partial charge in [-0.15, -0.1) is 0 Å². The molecule has 1 heterocycles. The average Bonchev–Trinajstić information content (AvgIpc) is 2.84. The van der Waals surface area contributed by atoms with Crippen LogP contribution in [-0.4, -0.2) is 24.5 Å². The summed E-state index contributed by atoms with van der Waals surface area (Å²) in [6, 6.07) is 13.3. The summed E-state index contributed by atoms with van der Waals surface area (Å²) in [5, 5.41) is 5.78. The molecule has 2 aromatic rings. The van der Waals surface area contributed by atoms with Crippen LogP contribution < -0.4 is 9.75 Å². The highest BCUT2D eigenvalue weighted by Gasteiger charge is 2.35. The van der Waals surface area contributed by atoms with Gasteiger partial charge in [-0.1, -0.05) is 23.7 Å². The summed E-state index contributed by atoms with van der Waals surface area (Å²) in [5.74, 6) is -0.670. The number of carbonyl (C=O) groups excluding carboxylic acids is 2. The number of amides is 1. The van der Waals surface area contributed by atoms with Gasteiger partial charge in [0.15, 0.2) is 0 Å². The number of rotatable bonds is 3. The Labute approximate surface area is 131 Å². The van der Waals surface area contributed by atoms with Gasteiger partial charge < -0.3 is 4.74 Å². The zero-order chi connectivity index (χ0) is 15.7. The molecule has 0 bridgehead atoms. The molecule has 0 radical (unpaired) electrons. The van der Waals surface area contributed by atoms with Crippen LogP contribution in [0.25, 0.3) is 0 Å². The predicted molar refractivity (Wildman–Crippen MR) is 83.5 cm³/mol. The number of nitrogens with zero attached hydrogens (tertiary/aromatic N) is 2. The molecule has 2 aromatic carbocycles. The van der Waals surface area contributed by atoms with E-state index in [4.69, 9.17) is 16.3 Å². The molecule has 0 atom stereocenters. The van der Waals surface area contributed by atoms with Crippen molar-refractivity contribution in [2.45, 2.75) is 0 Å². The molecular weight excluding hydrogens is 304 g/mol. The van der Waals surface area contributed by atoms with E-state index in [0.29, 0.717) is 22.0 Å². The van der Waals surface area contributed by atoms with E-state index >= 15 is 0 Å². The van der Waals surface area contributed by atoms with Gasteiger partial charge in [0.1, 0.15) is 11.5 Å². The highest BCUT2D eigenvalue weighted by molar-refractivity contribution is 6.72. The molecule has 0 saturated carbocycles. The molecule has 0 unspecified atom stereocenters.